The standard InChI is InChI=1S/C18H26N2O6S/c1-3-10-19-17(21)13(2)26-18(22)14-6-8-16(9-7-14)27(23,24)20-12-15-5-4-11-25-15/h6-9,13,15,20H,3-5,10-12H2,1-2H3,(H,19,21)/t13-,15+/m0/s1. The van der Waals surface area contributed by atoms with Crippen molar-refractivity contribution in [2.75, 3.05) is 19.7 Å². The Morgan fingerprint density at radius 1 is 1.30 bits per heavy atom. The van der Waals surface area contributed by atoms with Crippen molar-refractivity contribution >= 4 is 21.9 Å². The first-order valence-electron chi connectivity index (χ1n) is 9.03. The molecule has 0 radical (unpaired) electrons. The Labute approximate surface area is 159 Å². The van der Waals surface area contributed by atoms with Crippen molar-refractivity contribution in [1.82, 2.24) is 10.0 Å². The van der Waals surface area contributed by atoms with Crippen LogP contribution in [0.2, 0.25) is 0 Å². The van der Waals surface area contributed by atoms with Crippen LogP contribution in [0.3, 0.4) is 0 Å². The Balaban J connectivity index is 1.92. The molecule has 150 valence electrons. The van der Waals surface area contributed by atoms with Gasteiger partial charge in [0.05, 0.1) is 16.6 Å². The lowest BCUT2D eigenvalue weighted by Crippen LogP contribution is -2.36. The predicted octanol–water partition coefficient (Wildman–Crippen LogP) is 1.22. The molecule has 0 spiro atoms. The molecule has 0 saturated carbocycles. The number of ether oxygens (including phenoxy) is 2. The molecule has 0 bridgehead atoms. The van der Waals surface area contributed by atoms with Crippen molar-refractivity contribution in [2.24, 2.45) is 0 Å². The molecule has 8 nitrogen and oxygen atoms in total. The van der Waals surface area contributed by atoms with Crippen LogP contribution in [0.1, 0.15) is 43.5 Å². The molecule has 2 rings (SSSR count). The SMILES string of the molecule is CCCNC(=O)[C@H](C)OC(=O)c1ccc(S(=O)(=O)NC[C@H]2CCCO2)cc1. The van der Waals surface area contributed by atoms with Gasteiger partial charge >= 0.3 is 5.97 Å². The molecule has 0 unspecified atom stereocenters. The summed E-state index contributed by atoms with van der Waals surface area (Å²) in [5, 5.41) is 2.64. The fourth-order valence-corrected chi connectivity index (χ4v) is 3.60. The van der Waals surface area contributed by atoms with E-state index in [-0.39, 0.29) is 29.0 Å². The van der Waals surface area contributed by atoms with E-state index in [4.69, 9.17) is 9.47 Å². The monoisotopic (exact) mass is 398 g/mol. The number of rotatable bonds is 9. The molecule has 0 aliphatic carbocycles. The highest BCUT2D eigenvalue weighted by molar-refractivity contribution is 7.89. The van der Waals surface area contributed by atoms with Crippen LogP contribution in [0.25, 0.3) is 0 Å². The van der Waals surface area contributed by atoms with Crippen molar-refractivity contribution in [3.8, 4) is 0 Å². The Hall–Kier alpha value is -1.97. The number of carbonyl (C=O) groups excluding carboxylic acids is 2. The van der Waals surface area contributed by atoms with E-state index in [1.165, 1.54) is 31.2 Å². The topological polar surface area (TPSA) is 111 Å². The molecular weight excluding hydrogens is 372 g/mol. The first-order chi connectivity index (χ1) is 12.8. The summed E-state index contributed by atoms with van der Waals surface area (Å²) in [4.78, 5) is 23.9. The van der Waals surface area contributed by atoms with Crippen LogP contribution in [-0.2, 0) is 24.3 Å². The summed E-state index contributed by atoms with van der Waals surface area (Å²) in [6, 6.07) is 5.38. The summed E-state index contributed by atoms with van der Waals surface area (Å²) in [7, 11) is -3.68. The number of sulfonamides is 1. The van der Waals surface area contributed by atoms with E-state index < -0.39 is 22.1 Å². The molecule has 1 aliphatic rings. The molecule has 1 saturated heterocycles. The number of hydrogen-bond acceptors (Lipinski definition) is 6. The third kappa shape index (κ3) is 6.30. The molecular formula is C18H26N2O6S. The number of carbonyl (C=O) groups is 2. The van der Waals surface area contributed by atoms with E-state index in [9.17, 15) is 18.0 Å². The predicted molar refractivity (Wildman–Crippen MR) is 98.8 cm³/mol. The molecule has 1 aliphatic heterocycles. The minimum atomic E-state index is -3.68. The molecule has 9 heteroatoms. The number of nitrogens with one attached hydrogen (secondary N) is 2. The zero-order valence-electron chi connectivity index (χ0n) is 15.6. The van der Waals surface area contributed by atoms with Gasteiger partial charge < -0.3 is 14.8 Å². The minimum Gasteiger partial charge on any atom is -0.449 e. The molecule has 2 N–H and O–H groups in total. The Morgan fingerprint density at radius 2 is 2.00 bits per heavy atom. The molecule has 1 fully saturated rings. The molecule has 0 aromatic heterocycles. The second-order valence-electron chi connectivity index (χ2n) is 6.35. The molecule has 2 atom stereocenters. The van der Waals surface area contributed by atoms with Gasteiger partial charge in [0.1, 0.15) is 0 Å². The smallest absolute Gasteiger partial charge is 0.338 e. The summed E-state index contributed by atoms with van der Waals surface area (Å²) in [5.41, 5.74) is 0.170. The summed E-state index contributed by atoms with van der Waals surface area (Å²) < 4.78 is 37.6. The average Bonchev–Trinajstić information content (AvgIpc) is 3.18. The van der Waals surface area contributed by atoms with E-state index in [1.54, 1.807) is 0 Å². The fraction of sp³-hybridized carbons (Fsp3) is 0.556. The van der Waals surface area contributed by atoms with Gasteiger partial charge in [0, 0.05) is 19.7 Å². The summed E-state index contributed by atoms with van der Waals surface area (Å²) in [6.07, 6.45) is 1.51. The van der Waals surface area contributed by atoms with Crippen LogP contribution in [0.5, 0.6) is 0 Å². The van der Waals surface area contributed by atoms with Crippen molar-refractivity contribution in [3.05, 3.63) is 29.8 Å². The summed E-state index contributed by atoms with van der Waals surface area (Å²) in [5.74, 6) is -1.06. The van der Waals surface area contributed by atoms with E-state index in [0.29, 0.717) is 13.2 Å². The highest BCUT2D eigenvalue weighted by Gasteiger charge is 2.22. The number of benzene rings is 1. The quantitative estimate of drug-likeness (QED) is 0.605. The Morgan fingerprint density at radius 3 is 2.59 bits per heavy atom. The first-order valence-corrected chi connectivity index (χ1v) is 10.5. The first kappa shape index (κ1) is 21.3. The lowest BCUT2D eigenvalue weighted by atomic mass is 10.2. The molecule has 1 aromatic rings. The maximum absolute atomic E-state index is 12.3. The van der Waals surface area contributed by atoms with Gasteiger partial charge in [-0.3, -0.25) is 4.79 Å². The van der Waals surface area contributed by atoms with Crippen LogP contribution < -0.4 is 10.0 Å². The van der Waals surface area contributed by atoms with Gasteiger partial charge in [0.2, 0.25) is 10.0 Å². The number of amides is 1. The largest absolute Gasteiger partial charge is 0.449 e. The third-order valence-corrected chi connectivity index (χ3v) is 5.57. The van der Waals surface area contributed by atoms with Gasteiger partial charge in [-0.2, -0.15) is 0 Å². The average molecular weight is 398 g/mol. The Kier molecular flexibility index (Phi) is 7.76. The van der Waals surface area contributed by atoms with Crippen LogP contribution in [-0.4, -0.2) is 52.2 Å². The van der Waals surface area contributed by atoms with Crippen LogP contribution in [0, 0.1) is 0 Å². The summed E-state index contributed by atoms with van der Waals surface area (Å²) in [6.45, 7) is 4.78. The van der Waals surface area contributed by atoms with Gasteiger partial charge in [-0.25, -0.2) is 17.9 Å². The van der Waals surface area contributed by atoms with E-state index in [1.807, 2.05) is 6.92 Å². The third-order valence-electron chi connectivity index (χ3n) is 4.13. The maximum atomic E-state index is 12.3. The Bertz CT molecular complexity index is 742. The van der Waals surface area contributed by atoms with Crippen molar-refractivity contribution < 1.29 is 27.5 Å². The van der Waals surface area contributed by atoms with Gasteiger partial charge in [0.15, 0.2) is 6.10 Å². The zero-order chi connectivity index (χ0) is 19.9. The van der Waals surface area contributed by atoms with E-state index in [0.717, 1.165) is 19.3 Å². The van der Waals surface area contributed by atoms with Gasteiger partial charge in [-0.15, -0.1) is 0 Å². The number of esters is 1. The minimum absolute atomic E-state index is 0.0470. The molecule has 1 heterocycles. The zero-order valence-corrected chi connectivity index (χ0v) is 16.4. The molecule has 1 aromatic carbocycles. The summed E-state index contributed by atoms with van der Waals surface area (Å²) >= 11 is 0. The van der Waals surface area contributed by atoms with Gasteiger partial charge in [0.25, 0.3) is 5.91 Å². The highest BCUT2D eigenvalue weighted by atomic mass is 32.2. The maximum Gasteiger partial charge on any atom is 0.338 e. The van der Waals surface area contributed by atoms with Crippen LogP contribution >= 0.6 is 0 Å². The normalized spacial score (nSPS) is 18.1. The number of hydrogen-bond donors (Lipinski definition) is 2. The second-order valence-corrected chi connectivity index (χ2v) is 8.12. The fourth-order valence-electron chi connectivity index (χ4n) is 2.54. The van der Waals surface area contributed by atoms with Crippen LogP contribution in [0.4, 0.5) is 0 Å². The lowest BCUT2D eigenvalue weighted by Gasteiger charge is -2.14. The molecule has 27 heavy (non-hydrogen) atoms. The highest BCUT2D eigenvalue weighted by Crippen LogP contribution is 2.14. The van der Waals surface area contributed by atoms with Crippen LogP contribution in [0.15, 0.2) is 29.2 Å². The molecule has 1 amide bonds. The lowest BCUT2D eigenvalue weighted by molar-refractivity contribution is -0.129. The van der Waals surface area contributed by atoms with Crippen molar-refractivity contribution in [2.45, 2.75) is 50.2 Å². The van der Waals surface area contributed by atoms with Gasteiger partial charge in [-0.05, 0) is 50.5 Å². The van der Waals surface area contributed by atoms with E-state index in [2.05, 4.69) is 10.0 Å². The van der Waals surface area contributed by atoms with Gasteiger partial charge in [-0.1, -0.05) is 6.92 Å². The van der Waals surface area contributed by atoms with E-state index >= 15 is 0 Å². The van der Waals surface area contributed by atoms with Crippen molar-refractivity contribution in [3.63, 3.8) is 0 Å². The van der Waals surface area contributed by atoms with Crippen molar-refractivity contribution in [1.29, 1.82) is 0 Å². The second kappa shape index (κ2) is 9.82.